The van der Waals surface area contributed by atoms with E-state index in [9.17, 15) is 17.4 Å². The zero-order valence-corrected chi connectivity index (χ0v) is 18.9. The molecule has 1 atom stereocenters. The second-order valence-corrected chi connectivity index (χ2v) is 8.50. The molecule has 0 saturated heterocycles. The summed E-state index contributed by atoms with van der Waals surface area (Å²) in [4.78, 5) is 2.59. The van der Waals surface area contributed by atoms with Crippen LogP contribution in [-0.2, 0) is 24.0 Å². The Morgan fingerprint density at radius 3 is 2.18 bits per heavy atom. The van der Waals surface area contributed by atoms with Gasteiger partial charge in [-0.05, 0) is 31.9 Å². The van der Waals surface area contributed by atoms with E-state index in [0.717, 1.165) is 34.8 Å². The maximum absolute atomic E-state index is 11.7. The molecule has 1 fully saturated rings. The van der Waals surface area contributed by atoms with Gasteiger partial charge in [-0.25, -0.2) is 0 Å². The third-order valence-electron chi connectivity index (χ3n) is 4.53. The molecule has 0 spiro atoms. The van der Waals surface area contributed by atoms with Crippen molar-refractivity contribution in [3.05, 3.63) is 18.0 Å². The van der Waals surface area contributed by atoms with Gasteiger partial charge in [0, 0.05) is 48.1 Å². The number of alkyl halides is 3. The smallest absolute Gasteiger partial charge is 0.299 e. The molecule has 1 heterocycles. The Morgan fingerprint density at radius 2 is 1.79 bits per heavy atom. The minimum atomic E-state index is -4.32. The van der Waals surface area contributed by atoms with Crippen LogP contribution in [0.3, 0.4) is 0 Å². The summed E-state index contributed by atoms with van der Waals surface area (Å²) >= 11 is 0. The molecule has 1 aliphatic carbocycles. The fraction of sp³-hybridized carbons (Fsp3) is 0.850. The number of nitrogens with zero attached hydrogens (tertiary/aromatic N) is 3. The summed E-state index contributed by atoms with van der Waals surface area (Å²) in [6.07, 6.45) is 5.07. The Labute approximate surface area is 171 Å². The van der Waals surface area contributed by atoms with Gasteiger partial charge in [-0.15, -0.1) is 0 Å². The average molecular weight is 426 g/mol. The van der Waals surface area contributed by atoms with Crippen molar-refractivity contribution in [2.24, 2.45) is 7.05 Å². The third kappa shape index (κ3) is 11.2. The molecule has 0 aromatic carbocycles. The van der Waals surface area contributed by atoms with Gasteiger partial charge in [0.1, 0.15) is 0 Å². The van der Waals surface area contributed by atoms with Crippen molar-refractivity contribution in [1.29, 1.82) is 0 Å². The van der Waals surface area contributed by atoms with Gasteiger partial charge in [-0.2, -0.15) is 18.3 Å². The Morgan fingerprint density at radius 1 is 1.18 bits per heavy atom. The molecule has 0 aliphatic heterocycles. The molecule has 8 heteroatoms. The van der Waals surface area contributed by atoms with E-state index in [2.05, 4.69) is 16.9 Å². The van der Waals surface area contributed by atoms with Gasteiger partial charge in [0.25, 0.3) is 0 Å². The Hall–Kier alpha value is -0.890. The van der Waals surface area contributed by atoms with Crippen LogP contribution in [0.25, 0.3) is 0 Å². The lowest BCUT2D eigenvalue weighted by atomic mass is 9.94. The molecule has 4 nitrogen and oxygen atoms in total. The van der Waals surface area contributed by atoms with Crippen LogP contribution in [0.5, 0.6) is 0 Å². The summed E-state index contributed by atoms with van der Waals surface area (Å²) < 4.78 is 47.8. The van der Waals surface area contributed by atoms with E-state index in [1.807, 2.05) is 20.8 Å². The Kier molecular flexibility index (Phi) is 14.5. The summed E-state index contributed by atoms with van der Waals surface area (Å²) in [5.41, 5.74) is -0.852. The molecular formula is C20H38F3N3OS. The molecule has 1 aromatic heterocycles. The van der Waals surface area contributed by atoms with Crippen LogP contribution in [0.2, 0.25) is 0 Å². The van der Waals surface area contributed by atoms with E-state index in [0.29, 0.717) is 0 Å². The number of halogens is 3. The van der Waals surface area contributed by atoms with Crippen LogP contribution >= 0.6 is 0 Å². The fourth-order valence-electron chi connectivity index (χ4n) is 3.14. The van der Waals surface area contributed by atoms with Crippen molar-refractivity contribution in [2.75, 3.05) is 24.6 Å². The van der Waals surface area contributed by atoms with Gasteiger partial charge in [0.15, 0.2) is 5.69 Å². The van der Waals surface area contributed by atoms with Crippen molar-refractivity contribution < 1.29 is 17.4 Å². The van der Waals surface area contributed by atoms with Gasteiger partial charge in [-0.1, -0.05) is 47.0 Å². The van der Waals surface area contributed by atoms with E-state index in [-0.39, 0.29) is 0 Å². The van der Waals surface area contributed by atoms with E-state index < -0.39 is 22.7 Å². The van der Waals surface area contributed by atoms with Gasteiger partial charge in [0.05, 0.1) is 0 Å². The minimum Gasteiger partial charge on any atom is -0.299 e. The highest BCUT2D eigenvalue weighted by atomic mass is 32.2. The number of hydrogen-bond acceptors (Lipinski definition) is 3. The molecular weight excluding hydrogens is 387 g/mol. The molecule has 1 aliphatic rings. The minimum absolute atomic E-state index is 0.597. The largest absolute Gasteiger partial charge is 0.435 e. The highest BCUT2D eigenvalue weighted by Gasteiger charge is 2.33. The first-order chi connectivity index (χ1) is 13.3. The SMILES string of the molecule is CC.CCCN(CCS(=O)CC)C1CCCCC1.Cn1ccc(C(F)(F)F)n1. The number of hydrogen-bond donors (Lipinski definition) is 0. The van der Waals surface area contributed by atoms with Crippen LogP contribution in [0.1, 0.15) is 71.9 Å². The van der Waals surface area contributed by atoms with Crippen LogP contribution in [0.4, 0.5) is 13.2 Å². The van der Waals surface area contributed by atoms with Gasteiger partial charge in [0.2, 0.25) is 0 Å². The summed E-state index contributed by atoms with van der Waals surface area (Å²) in [7, 11) is 0.842. The first-order valence-corrected chi connectivity index (χ1v) is 11.9. The normalized spacial score (nSPS) is 16.0. The lowest BCUT2D eigenvalue weighted by Gasteiger charge is -2.34. The predicted octanol–water partition coefficient (Wildman–Crippen LogP) is 5.26. The zero-order chi connectivity index (χ0) is 21.6. The number of aromatic nitrogens is 2. The van der Waals surface area contributed by atoms with E-state index in [1.54, 1.807) is 0 Å². The van der Waals surface area contributed by atoms with Crippen LogP contribution in [-0.4, -0.2) is 49.5 Å². The molecule has 0 N–H and O–H groups in total. The van der Waals surface area contributed by atoms with Crippen LogP contribution in [0, 0.1) is 0 Å². The highest BCUT2D eigenvalue weighted by Crippen LogP contribution is 2.26. The molecule has 0 bridgehead atoms. The van der Waals surface area contributed by atoms with E-state index >= 15 is 0 Å². The predicted molar refractivity (Wildman–Crippen MR) is 112 cm³/mol. The average Bonchev–Trinajstić information content (AvgIpc) is 3.14. The van der Waals surface area contributed by atoms with E-state index in [1.165, 1.54) is 58.3 Å². The second-order valence-electron chi connectivity index (χ2n) is 6.63. The van der Waals surface area contributed by atoms with Crippen LogP contribution < -0.4 is 0 Å². The summed E-state index contributed by atoms with van der Waals surface area (Å²) in [6, 6.07) is 1.71. The lowest BCUT2D eigenvalue weighted by molar-refractivity contribution is -0.141. The Bertz CT molecular complexity index is 529. The second kappa shape index (κ2) is 15.0. The van der Waals surface area contributed by atoms with Gasteiger partial charge in [-0.3, -0.25) is 13.8 Å². The standard InChI is InChI=1S/C13H27NOS.C5H5F3N2.C2H6/c1-3-10-14(11-12-16(15)4-2)13-8-6-5-7-9-13;1-10-3-2-4(9-10)5(6,7)8;1-2/h13H,3-12H2,1-2H3;2-3H,1H3;1-2H3. The zero-order valence-electron chi connectivity index (χ0n) is 18.1. The molecule has 166 valence electrons. The molecule has 1 unspecified atom stereocenters. The monoisotopic (exact) mass is 425 g/mol. The van der Waals surface area contributed by atoms with Gasteiger partial charge < -0.3 is 0 Å². The topological polar surface area (TPSA) is 38.1 Å². The first kappa shape index (κ1) is 27.1. The van der Waals surface area contributed by atoms with E-state index in [4.69, 9.17) is 0 Å². The molecule has 0 radical (unpaired) electrons. The molecule has 1 aromatic rings. The molecule has 28 heavy (non-hydrogen) atoms. The Balaban J connectivity index is 0.000000520. The quantitative estimate of drug-likeness (QED) is 0.598. The van der Waals surface area contributed by atoms with Gasteiger partial charge >= 0.3 is 6.18 Å². The summed E-state index contributed by atoms with van der Waals surface area (Å²) in [5, 5.41) is 3.17. The highest BCUT2D eigenvalue weighted by molar-refractivity contribution is 7.84. The lowest BCUT2D eigenvalue weighted by Crippen LogP contribution is -2.39. The van der Waals surface area contributed by atoms with Crippen LogP contribution in [0.15, 0.2) is 12.3 Å². The third-order valence-corrected chi connectivity index (χ3v) is 5.82. The van der Waals surface area contributed by atoms with Crippen molar-refractivity contribution in [2.45, 2.75) is 78.4 Å². The maximum atomic E-state index is 11.7. The molecule has 1 saturated carbocycles. The molecule has 2 rings (SSSR count). The summed E-state index contributed by atoms with van der Waals surface area (Å²) in [6.45, 7) is 10.5. The van der Waals surface area contributed by atoms with Crippen molar-refractivity contribution in [3.8, 4) is 0 Å². The number of aryl methyl sites for hydroxylation is 1. The fourth-order valence-corrected chi connectivity index (χ4v) is 3.87. The molecule has 0 amide bonds. The van der Waals surface area contributed by atoms with Crippen molar-refractivity contribution in [1.82, 2.24) is 14.7 Å². The van der Waals surface area contributed by atoms with Crippen molar-refractivity contribution >= 4 is 10.8 Å². The van der Waals surface area contributed by atoms with Crippen molar-refractivity contribution in [3.63, 3.8) is 0 Å². The number of rotatable bonds is 7. The maximum Gasteiger partial charge on any atom is 0.435 e. The first-order valence-electron chi connectivity index (χ1n) is 10.4. The summed E-state index contributed by atoms with van der Waals surface area (Å²) in [5.74, 6) is 1.68.